The summed E-state index contributed by atoms with van der Waals surface area (Å²) in [5, 5.41) is 11.6. The fourth-order valence-corrected chi connectivity index (χ4v) is 1.57. The second-order valence-electron chi connectivity index (χ2n) is 4.15. The van der Waals surface area contributed by atoms with Crippen LogP contribution in [0.1, 0.15) is 12.5 Å². The number of benzene rings is 1. The maximum Gasteiger partial charge on any atom is 0.143 e. The lowest BCUT2D eigenvalue weighted by Crippen LogP contribution is -2.32. The van der Waals surface area contributed by atoms with E-state index >= 15 is 0 Å². The van der Waals surface area contributed by atoms with Crippen LogP contribution in [-0.2, 0) is 0 Å². The number of anilines is 1. The molecule has 16 heavy (non-hydrogen) atoms. The molecular formula is C12H19N3O. The Balaban J connectivity index is 2.69. The highest BCUT2D eigenvalue weighted by Crippen LogP contribution is 2.15. The molecule has 0 bridgehead atoms. The van der Waals surface area contributed by atoms with E-state index in [4.69, 9.17) is 10.9 Å². The lowest BCUT2D eigenvalue weighted by molar-refractivity contribution is 0.314. The third kappa shape index (κ3) is 3.15. The topological polar surface area (TPSA) is 61.8 Å². The van der Waals surface area contributed by atoms with Crippen LogP contribution in [0.15, 0.2) is 29.4 Å². The minimum absolute atomic E-state index is 0.0236. The van der Waals surface area contributed by atoms with E-state index in [0.717, 1.165) is 12.2 Å². The Morgan fingerprint density at radius 2 is 2.25 bits per heavy atom. The van der Waals surface area contributed by atoms with E-state index < -0.39 is 0 Å². The van der Waals surface area contributed by atoms with E-state index in [0.29, 0.717) is 0 Å². The summed E-state index contributed by atoms with van der Waals surface area (Å²) in [4.78, 5) is 2.09. The molecular weight excluding hydrogens is 202 g/mol. The molecule has 1 aromatic carbocycles. The summed E-state index contributed by atoms with van der Waals surface area (Å²) >= 11 is 0. The number of hydrogen-bond donors (Lipinski definition) is 2. The SMILES string of the molecule is Cc1cccc(N(C)CC(C)C(N)=NO)c1. The van der Waals surface area contributed by atoms with Gasteiger partial charge in [0, 0.05) is 25.2 Å². The summed E-state index contributed by atoms with van der Waals surface area (Å²) in [6.45, 7) is 4.71. The zero-order valence-corrected chi connectivity index (χ0v) is 10.0. The maximum absolute atomic E-state index is 8.58. The van der Waals surface area contributed by atoms with Crippen LogP contribution in [0, 0.1) is 12.8 Å². The zero-order chi connectivity index (χ0) is 12.1. The van der Waals surface area contributed by atoms with Crippen molar-refractivity contribution in [3.8, 4) is 0 Å². The molecule has 0 saturated carbocycles. The number of aryl methyl sites for hydroxylation is 1. The largest absolute Gasteiger partial charge is 0.409 e. The van der Waals surface area contributed by atoms with E-state index in [1.54, 1.807) is 0 Å². The number of amidine groups is 1. The number of nitrogens with two attached hydrogens (primary N) is 1. The molecule has 88 valence electrons. The highest BCUT2D eigenvalue weighted by atomic mass is 16.4. The summed E-state index contributed by atoms with van der Waals surface area (Å²) in [5.74, 6) is 0.287. The predicted octanol–water partition coefficient (Wildman–Crippen LogP) is 1.81. The van der Waals surface area contributed by atoms with Gasteiger partial charge in [-0.3, -0.25) is 0 Å². The van der Waals surface area contributed by atoms with E-state index in [1.165, 1.54) is 5.56 Å². The van der Waals surface area contributed by atoms with E-state index in [1.807, 2.05) is 26.1 Å². The van der Waals surface area contributed by atoms with Crippen LogP contribution in [0.2, 0.25) is 0 Å². The van der Waals surface area contributed by atoms with Crippen molar-refractivity contribution in [2.45, 2.75) is 13.8 Å². The van der Waals surface area contributed by atoms with Gasteiger partial charge in [0.05, 0.1) is 0 Å². The third-order valence-corrected chi connectivity index (χ3v) is 2.61. The van der Waals surface area contributed by atoms with Crippen LogP contribution in [0.3, 0.4) is 0 Å². The lowest BCUT2D eigenvalue weighted by Gasteiger charge is -2.23. The predicted molar refractivity (Wildman–Crippen MR) is 67.0 cm³/mol. The quantitative estimate of drug-likeness (QED) is 0.353. The van der Waals surface area contributed by atoms with Crippen molar-refractivity contribution in [3.05, 3.63) is 29.8 Å². The second kappa shape index (κ2) is 5.39. The van der Waals surface area contributed by atoms with Crippen molar-refractivity contribution in [1.29, 1.82) is 0 Å². The molecule has 4 heteroatoms. The molecule has 0 radical (unpaired) electrons. The van der Waals surface area contributed by atoms with Gasteiger partial charge in [0.25, 0.3) is 0 Å². The third-order valence-electron chi connectivity index (χ3n) is 2.61. The van der Waals surface area contributed by atoms with Gasteiger partial charge in [-0.25, -0.2) is 0 Å². The monoisotopic (exact) mass is 221 g/mol. The fourth-order valence-electron chi connectivity index (χ4n) is 1.57. The molecule has 1 aromatic rings. The van der Waals surface area contributed by atoms with Gasteiger partial charge in [0.1, 0.15) is 5.84 Å². The molecule has 1 rings (SSSR count). The molecule has 0 spiro atoms. The molecule has 0 aliphatic heterocycles. The van der Waals surface area contributed by atoms with Crippen LogP contribution in [0.4, 0.5) is 5.69 Å². The Bertz CT molecular complexity index is 376. The normalized spacial score (nSPS) is 13.6. The number of rotatable bonds is 4. The van der Waals surface area contributed by atoms with Crippen LogP contribution < -0.4 is 10.6 Å². The molecule has 3 N–H and O–H groups in total. The van der Waals surface area contributed by atoms with E-state index in [2.05, 4.69) is 29.1 Å². The summed E-state index contributed by atoms with van der Waals surface area (Å²) in [5.41, 5.74) is 7.91. The first-order valence-electron chi connectivity index (χ1n) is 5.29. The highest BCUT2D eigenvalue weighted by molar-refractivity contribution is 5.82. The van der Waals surface area contributed by atoms with Crippen molar-refractivity contribution in [2.75, 3.05) is 18.5 Å². The van der Waals surface area contributed by atoms with E-state index in [9.17, 15) is 0 Å². The van der Waals surface area contributed by atoms with Gasteiger partial charge >= 0.3 is 0 Å². The van der Waals surface area contributed by atoms with Gasteiger partial charge in [0.15, 0.2) is 0 Å². The molecule has 0 aromatic heterocycles. The Morgan fingerprint density at radius 1 is 1.56 bits per heavy atom. The first kappa shape index (κ1) is 12.4. The molecule has 0 fully saturated rings. The first-order chi connectivity index (χ1) is 7.54. The number of nitrogens with zero attached hydrogens (tertiary/aromatic N) is 2. The number of oxime groups is 1. The highest BCUT2D eigenvalue weighted by Gasteiger charge is 2.11. The Hall–Kier alpha value is -1.71. The molecule has 0 heterocycles. The fraction of sp³-hybridized carbons (Fsp3) is 0.417. The molecule has 4 nitrogen and oxygen atoms in total. The van der Waals surface area contributed by atoms with Gasteiger partial charge in [-0.05, 0) is 24.6 Å². The average Bonchev–Trinajstić information content (AvgIpc) is 2.27. The molecule has 0 amide bonds. The van der Waals surface area contributed by atoms with Gasteiger partial charge < -0.3 is 15.8 Å². The zero-order valence-electron chi connectivity index (χ0n) is 10.0. The lowest BCUT2D eigenvalue weighted by atomic mass is 10.1. The van der Waals surface area contributed by atoms with Gasteiger partial charge in [-0.2, -0.15) is 0 Å². The Kier molecular flexibility index (Phi) is 4.17. The summed E-state index contributed by atoms with van der Waals surface area (Å²) in [7, 11) is 2.00. The van der Waals surface area contributed by atoms with Gasteiger partial charge in [-0.15, -0.1) is 0 Å². The molecule has 1 atom stereocenters. The summed E-state index contributed by atoms with van der Waals surface area (Å²) in [6.07, 6.45) is 0. The van der Waals surface area contributed by atoms with Crippen LogP contribution >= 0.6 is 0 Å². The van der Waals surface area contributed by atoms with Crippen molar-refractivity contribution in [3.63, 3.8) is 0 Å². The van der Waals surface area contributed by atoms with Crippen LogP contribution in [-0.4, -0.2) is 24.6 Å². The van der Waals surface area contributed by atoms with Crippen molar-refractivity contribution < 1.29 is 5.21 Å². The minimum Gasteiger partial charge on any atom is -0.409 e. The van der Waals surface area contributed by atoms with E-state index in [-0.39, 0.29) is 11.8 Å². The van der Waals surface area contributed by atoms with Crippen molar-refractivity contribution >= 4 is 11.5 Å². The molecule has 0 saturated heterocycles. The van der Waals surface area contributed by atoms with Crippen LogP contribution in [0.5, 0.6) is 0 Å². The summed E-state index contributed by atoms with van der Waals surface area (Å²) < 4.78 is 0. The average molecular weight is 221 g/mol. The van der Waals surface area contributed by atoms with Crippen molar-refractivity contribution in [1.82, 2.24) is 0 Å². The number of hydrogen-bond acceptors (Lipinski definition) is 3. The molecule has 0 aliphatic carbocycles. The minimum atomic E-state index is 0.0236. The summed E-state index contributed by atoms with van der Waals surface area (Å²) in [6, 6.07) is 8.24. The second-order valence-corrected chi connectivity index (χ2v) is 4.15. The molecule has 0 aliphatic rings. The molecule has 1 unspecified atom stereocenters. The van der Waals surface area contributed by atoms with Gasteiger partial charge in [-0.1, -0.05) is 24.2 Å². The van der Waals surface area contributed by atoms with Crippen molar-refractivity contribution in [2.24, 2.45) is 16.8 Å². The maximum atomic E-state index is 8.58. The first-order valence-corrected chi connectivity index (χ1v) is 5.29. The van der Waals surface area contributed by atoms with Gasteiger partial charge in [0.2, 0.25) is 0 Å². The Labute approximate surface area is 96.4 Å². The Morgan fingerprint density at radius 3 is 2.81 bits per heavy atom. The smallest absolute Gasteiger partial charge is 0.143 e. The van der Waals surface area contributed by atoms with Crippen LogP contribution in [0.25, 0.3) is 0 Å². The standard InChI is InChI=1S/C12H19N3O/c1-9-5-4-6-11(7-9)15(3)8-10(2)12(13)14-16/h4-7,10,16H,8H2,1-3H3,(H2,13,14).